The summed E-state index contributed by atoms with van der Waals surface area (Å²) in [6.45, 7) is 2.24. The van der Waals surface area contributed by atoms with Gasteiger partial charge in [0.05, 0.1) is 18.1 Å². The number of rotatable bonds is 8. The van der Waals surface area contributed by atoms with Crippen molar-refractivity contribution >= 4 is 26.0 Å². The summed E-state index contributed by atoms with van der Waals surface area (Å²) >= 11 is 0. The van der Waals surface area contributed by atoms with Crippen LogP contribution >= 0.6 is 0 Å². The molecule has 20 heavy (non-hydrogen) atoms. The van der Waals surface area contributed by atoms with Gasteiger partial charge < -0.3 is 5.32 Å². The zero-order valence-electron chi connectivity index (χ0n) is 11.1. The molecule has 0 aliphatic rings. The number of nitrogens with zero attached hydrogens (tertiary/aromatic N) is 2. The van der Waals surface area contributed by atoms with Crippen molar-refractivity contribution in [2.45, 2.75) is 11.8 Å². The predicted molar refractivity (Wildman–Crippen MR) is 74.2 cm³/mol. The monoisotopic (exact) mass is 323 g/mol. The number of aromatic nitrogens is 2. The Balaban J connectivity index is 2.69. The van der Waals surface area contributed by atoms with Crippen LogP contribution in [-0.4, -0.2) is 52.7 Å². The molecule has 0 fully saturated rings. The zero-order valence-corrected chi connectivity index (χ0v) is 12.8. The molecule has 0 aromatic carbocycles. The molecule has 0 aliphatic carbocycles. The second kappa shape index (κ2) is 6.92. The molecule has 0 radical (unpaired) electrons. The Morgan fingerprint density at radius 3 is 2.25 bits per heavy atom. The number of anilines is 1. The van der Waals surface area contributed by atoms with E-state index < -0.39 is 20.0 Å². The van der Waals surface area contributed by atoms with Gasteiger partial charge in [-0.05, 0) is 14.0 Å². The van der Waals surface area contributed by atoms with Crippen LogP contribution in [0, 0.1) is 0 Å². The highest BCUT2D eigenvalue weighted by molar-refractivity contribution is 7.90. The largest absolute Gasteiger partial charge is 0.355 e. The van der Waals surface area contributed by atoms with Crippen molar-refractivity contribution in [1.82, 2.24) is 19.4 Å². The molecule has 9 nitrogen and oxygen atoms in total. The lowest BCUT2D eigenvalue weighted by Crippen LogP contribution is -2.33. The van der Waals surface area contributed by atoms with Gasteiger partial charge in [-0.15, -0.1) is 0 Å². The minimum atomic E-state index is -3.82. The first-order valence-corrected chi connectivity index (χ1v) is 8.91. The van der Waals surface area contributed by atoms with Crippen molar-refractivity contribution in [3.8, 4) is 0 Å². The molecule has 1 heterocycles. The minimum absolute atomic E-state index is 0.124. The summed E-state index contributed by atoms with van der Waals surface area (Å²) in [7, 11) is -6.01. The van der Waals surface area contributed by atoms with Crippen LogP contribution in [0.25, 0.3) is 0 Å². The first-order chi connectivity index (χ1) is 9.30. The quantitative estimate of drug-likeness (QED) is 0.544. The molecule has 1 rings (SSSR count). The van der Waals surface area contributed by atoms with Gasteiger partial charge in [0.2, 0.25) is 26.0 Å². The fourth-order valence-corrected chi connectivity index (χ4v) is 2.82. The predicted octanol–water partition coefficient (Wildman–Crippen LogP) is -1.26. The van der Waals surface area contributed by atoms with Crippen molar-refractivity contribution in [2.24, 2.45) is 0 Å². The molecule has 0 saturated heterocycles. The van der Waals surface area contributed by atoms with Crippen LogP contribution < -0.4 is 14.8 Å². The van der Waals surface area contributed by atoms with Crippen LogP contribution in [0.15, 0.2) is 17.3 Å². The normalized spacial score (nSPS) is 12.3. The molecule has 0 spiro atoms. The molecule has 0 amide bonds. The highest BCUT2D eigenvalue weighted by Gasteiger charge is 2.16. The van der Waals surface area contributed by atoms with Crippen molar-refractivity contribution in [3.63, 3.8) is 0 Å². The van der Waals surface area contributed by atoms with Gasteiger partial charge in [0.1, 0.15) is 4.90 Å². The van der Waals surface area contributed by atoms with Crippen LogP contribution in [0.3, 0.4) is 0 Å². The fourth-order valence-electron chi connectivity index (χ4n) is 1.20. The lowest BCUT2D eigenvalue weighted by atomic mass is 10.6. The standard InChI is InChI=1S/C9H17N5O4S2/c1-3-11-9-12-6-8(7-13-9)20(17,18)14-4-5-19(15,16)10-2/h6-7,10,14H,3-5H2,1-2H3,(H,11,12,13). The molecule has 1 aromatic rings. The molecule has 0 atom stereocenters. The summed E-state index contributed by atoms with van der Waals surface area (Å²) in [6.07, 6.45) is 2.31. The lowest BCUT2D eigenvalue weighted by molar-refractivity contribution is 0.578. The summed E-state index contributed by atoms with van der Waals surface area (Å²) in [5.41, 5.74) is 0. The van der Waals surface area contributed by atoms with E-state index in [9.17, 15) is 16.8 Å². The third-order valence-electron chi connectivity index (χ3n) is 2.25. The minimum Gasteiger partial charge on any atom is -0.355 e. The first-order valence-electron chi connectivity index (χ1n) is 5.77. The molecular weight excluding hydrogens is 306 g/mol. The summed E-state index contributed by atoms with van der Waals surface area (Å²) < 4.78 is 50.3. The van der Waals surface area contributed by atoms with Crippen LogP contribution in [0.1, 0.15) is 6.92 Å². The van der Waals surface area contributed by atoms with Crippen LogP contribution in [0.4, 0.5) is 5.95 Å². The third kappa shape index (κ3) is 5.00. The number of hydrogen-bond donors (Lipinski definition) is 3. The third-order valence-corrected chi connectivity index (χ3v) is 5.03. The van der Waals surface area contributed by atoms with E-state index in [1.807, 2.05) is 6.92 Å². The van der Waals surface area contributed by atoms with E-state index in [1.165, 1.54) is 7.05 Å². The molecule has 0 aliphatic heterocycles. The maximum absolute atomic E-state index is 11.8. The van der Waals surface area contributed by atoms with Crippen LogP contribution in [0.5, 0.6) is 0 Å². The lowest BCUT2D eigenvalue weighted by Gasteiger charge is -2.07. The van der Waals surface area contributed by atoms with Gasteiger partial charge in [-0.1, -0.05) is 0 Å². The maximum Gasteiger partial charge on any atom is 0.243 e. The zero-order chi connectivity index (χ0) is 15.2. The highest BCUT2D eigenvalue weighted by Crippen LogP contribution is 2.06. The Kier molecular flexibility index (Phi) is 5.80. The number of hydrogen-bond acceptors (Lipinski definition) is 7. The maximum atomic E-state index is 11.8. The van der Waals surface area contributed by atoms with Gasteiger partial charge in [0, 0.05) is 13.1 Å². The van der Waals surface area contributed by atoms with E-state index in [0.717, 1.165) is 12.4 Å². The van der Waals surface area contributed by atoms with Crippen molar-refractivity contribution < 1.29 is 16.8 Å². The second-order valence-electron chi connectivity index (χ2n) is 3.69. The molecule has 0 unspecified atom stereocenters. The molecule has 1 aromatic heterocycles. The smallest absolute Gasteiger partial charge is 0.243 e. The first kappa shape index (κ1) is 16.8. The summed E-state index contributed by atoms with van der Waals surface area (Å²) in [4.78, 5) is 7.55. The summed E-state index contributed by atoms with van der Waals surface area (Å²) in [6, 6.07) is 0. The van der Waals surface area contributed by atoms with E-state index in [4.69, 9.17) is 0 Å². The van der Waals surface area contributed by atoms with Crippen molar-refractivity contribution in [1.29, 1.82) is 0 Å². The van der Waals surface area contributed by atoms with Crippen LogP contribution in [-0.2, 0) is 20.0 Å². The van der Waals surface area contributed by atoms with E-state index in [1.54, 1.807) is 0 Å². The number of nitrogens with one attached hydrogen (secondary N) is 3. The van der Waals surface area contributed by atoms with E-state index in [-0.39, 0.29) is 17.2 Å². The molecule has 3 N–H and O–H groups in total. The average Bonchev–Trinajstić information content (AvgIpc) is 2.39. The summed E-state index contributed by atoms with van der Waals surface area (Å²) in [5.74, 6) is -0.0248. The van der Waals surface area contributed by atoms with Gasteiger partial charge in [0.25, 0.3) is 0 Å². The Hall–Kier alpha value is -1.30. The van der Waals surface area contributed by atoms with Crippen molar-refractivity contribution in [2.75, 3.05) is 31.2 Å². The Bertz CT molecular complexity index is 627. The topological polar surface area (TPSA) is 130 Å². The fraction of sp³-hybridized carbons (Fsp3) is 0.556. The molecule has 11 heteroatoms. The van der Waals surface area contributed by atoms with Gasteiger partial charge >= 0.3 is 0 Å². The summed E-state index contributed by atoms with van der Waals surface area (Å²) in [5, 5.41) is 2.83. The SMILES string of the molecule is CCNc1ncc(S(=O)(=O)NCCS(=O)(=O)NC)cn1. The molecule has 0 bridgehead atoms. The van der Waals surface area contributed by atoms with Gasteiger partial charge in [-0.2, -0.15) is 0 Å². The molecule has 114 valence electrons. The van der Waals surface area contributed by atoms with E-state index in [2.05, 4.69) is 24.7 Å². The van der Waals surface area contributed by atoms with Gasteiger partial charge in [-0.3, -0.25) is 0 Å². The molecule has 0 saturated carbocycles. The number of sulfonamides is 2. The Morgan fingerprint density at radius 2 is 1.75 bits per heavy atom. The van der Waals surface area contributed by atoms with Gasteiger partial charge in [0.15, 0.2) is 0 Å². The van der Waals surface area contributed by atoms with Crippen molar-refractivity contribution in [3.05, 3.63) is 12.4 Å². The average molecular weight is 323 g/mol. The molecular formula is C9H17N5O4S2. The van der Waals surface area contributed by atoms with E-state index >= 15 is 0 Å². The Morgan fingerprint density at radius 1 is 1.15 bits per heavy atom. The second-order valence-corrected chi connectivity index (χ2v) is 7.51. The Labute approximate surface area is 118 Å². The van der Waals surface area contributed by atoms with E-state index in [0.29, 0.717) is 12.5 Å². The van der Waals surface area contributed by atoms with Gasteiger partial charge in [-0.25, -0.2) is 36.2 Å². The highest BCUT2D eigenvalue weighted by atomic mass is 32.2. The van der Waals surface area contributed by atoms with Crippen LogP contribution in [0.2, 0.25) is 0 Å².